The summed E-state index contributed by atoms with van der Waals surface area (Å²) in [5.74, 6) is 0.750. The zero-order valence-corrected chi connectivity index (χ0v) is 7.71. The van der Waals surface area contributed by atoms with E-state index in [0.717, 1.165) is 21.5 Å². The van der Waals surface area contributed by atoms with Crippen LogP contribution in [0.1, 0.15) is 0 Å². The van der Waals surface area contributed by atoms with Crippen LogP contribution in [-0.2, 0) is 0 Å². The molecule has 0 saturated carbocycles. The predicted octanol–water partition coefficient (Wildman–Crippen LogP) is 3.66. The fourth-order valence-corrected chi connectivity index (χ4v) is 1.59. The summed E-state index contributed by atoms with van der Waals surface area (Å²) in [6.07, 6.45) is 0. The first-order valence-corrected chi connectivity index (χ1v) is 4.30. The molecule has 0 unspecified atom stereocenters. The second kappa shape index (κ2) is 3.27. The van der Waals surface area contributed by atoms with Crippen LogP contribution in [0.4, 0.5) is 0 Å². The molecule has 0 spiro atoms. The summed E-state index contributed by atoms with van der Waals surface area (Å²) in [4.78, 5) is 0. The quantitative estimate of drug-likeness (QED) is 0.669. The molecule has 0 bridgehead atoms. The van der Waals surface area contributed by atoms with Crippen LogP contribution in [0.25, 0.3) is 10.8 Å². The van der Waals surface area contributed by atoms with Gasteiger partial charge in [0.05, 0.1) is 0 Å². The predicted molar refractivity (Wildman–Crippen MR) is 54.9 cm³/mol. The van der Waals surface area contributed by atoms with Gasteiger partial charge in [0.15, 0.2) is 0 Å². The molecular weight excluding hydrogens is 184 g/mol. The molecule has 2 rings (SSSR count). The van der Waals surface area contributed by atoms with E-state index in [2.05, 4.69) is 7.11 Å². The van der Waals surface area contributed by atoms with Crippen molar-refractivity contribution in [1.29, 1.82) is 0 Å². The normalized spacial score (nSPS) is 10.3. The van der Waals surface area contributed by atoms with Gasteiger partial charge in [-0.1, -0.05) is 35.9 Å². The van der Waals surface area contributed by atoms with Gasteiger partial charge in [-0.05, 0) is 12.1 Å². The number of ether oxygens (including phenoxy) is 1. The smallest absolute Gasteiger partial charge is 0.127 e. The Labute approximate surface area is 81.9 Å². The average molecular weight is 192 g/mol. The molecule has 0 amide bonds. The van der Waals surface area contributed by atoms with Crippen molar-refractivity contribution in [2.75, 3.05) is 0 Å². The summed E-state index contributed by atoms with van der Waals surface area (Å²) in [6.45, 7) is 0. The van der Waals surface area contributed by atoms with Gasteiger partial charge in [0.2, 0.25) is 0 Å². The Morgan fingerprint density at radius 3 is 2.38 bits per heavy atom. The van der Waals surface area contributed by atoms with Gasteiger partial charge in [-0.15, -0.1) is 0 Å². The molecule has 0 aromatic heterocycles. The van der Waals surface area contributed by atoms with Gasteiger partial charge in [-0.25, -0.2) is 0 Å². The molecule has 2 aromatic rings. The van der Waals surface area contributed by atoms with Gasteiger partial charge in [0, 0.05) is 15.8 Å². The summed E-state index contributed by atoms with van der Waals surface area (Å²) in [5.41, 5.74) is 0. The number of hydrogen-bond acceptors (Lipinski definition) is 1. The van der Waals surface area contributed by atoms with Crippen LogP contribution in [0, 0.1) is 7.11 Å². The van der Waals surface area contributed by atoms with E-state index in [1.54, 1.807) is 0 Å². The summed E-state index contributed by atoms with van der Waals surface area (Å²) in [5, 5.41) is 2.71. The Hall–Kier alpha value is -1.21. The molecule has 2 heteroatoms. The molecule has 65 valence electrons. The Kier molecular flexibility index (Phi) is 2.11. The van der Waals surface area contributed by atoms with Crippen LogP contribution in [0.15, 0.2) is 36.4 Å². The highest BCUT2D eigenvalue weighted by molar-refractivity contribution is 6.35. The van der Waals surface area contributed by atoms with E-state index in [4.69, 9.17) is 16.3 Å². The minimum absolute atomic E-state index is 0.733. The van der Waals surface area contributed by atoms with E-state index in [9.17, 15) is 0 Å². The molecule has 2 aromatic carbocycles. The maximum Gasteiger partial charge on any atom is 0.127 e. The monoisotopic (exact) mass is 191 g/mol. The molecular formula is C11H8ClO. The van der Waals surface area contributed by atoms with Crippen molar-refractivity contribution in [2.45, 2.75) is 0 Å². The number of halogens is 1. The molecule has 0 heterocycles. The lowest BCUT2D eigenvalue weighted by Crippen LogP contribution is -1.82. The average Bonchev–Trinajstić information content (AvgIpc) is 2.19. The van der Waals surface area contributed by atoms with E-state index in [0.29, 0.717) is 0 Å². The topological polar surface area (TPSA) is 9.23 Å². The van der Waals surface area contributed by atoms with Gasteiger partial charge in [0.1, 0.15) is 12.9 Å². The Morgan fingerprint density at radius 2 is 1.69 bits per heavy atom. The molecule has 0 atom stereocenters. The van der Waals surface area contributed by atoms with Crippen molar-refractivity contribution in [2.24, 2.45) is 0 Å². The lowest BCUT2D eigenvalue weighted by molar-refractivity contribution is 0.478. The molecule has 1 nitrogen and oxygen atoms in total. The standard InChI is InChI=1S/C11H8ClO/c1-13-11-7-6-10(12)8-4-2-3-5-9(8)11/h2-7H,1H2. The maximum atomic E-state index is 6.01. The fraction of sp³-hybridized carbons (Fsp3) is 0. The molecule has 0 aliphatic heterocycles. The zero-order valence-electron chi connectivity index (χ0n) is 6.96. The molecule has 1 radical (unpaired) electrons. The molecule has 0 aliphatic carbocycles. The van der Waals surface area contributed by atoms with Crippen LogP contribution in [0.2, 0.25) is 5.02 Å². The third-order valence-corrected chi connectivity index (χ3v) is 2.32. The highest BCUT2D eigenvalue weighted by Crippen LogP contribution is 2.30. The largest absolute Gasteiger partial charge is 0.489 e. The van der Waals surface area contributed by atoms with Crippen molar-refractivity contribution in [1.82, 2.24) is 0 Å². The Bertz CT molecular complexity index is 437. The van der Waals surface area contributed by atoms with Crippen molar-refractivity contribution >= 4 is 22.4 Å². The highest BCUT2D eigenvalue weighted by Gasteiger charge is 2.02. The number of fused-ring (bicyclic) bond motifs is 1. The SMILES string of the molecule is [CH2]Oc1ccc(Cl)c2ccccc12. The van der Waals surface area contributed by atoms with Crippen molar-refractivity contribution < 1.29 is 4.74 Å². The van der Waals surface area contributed by atoms with Crippen molar-refractivity contribution in [3.63, 3.8) is 0 Å². The van der Waals surface area contributed by atoms with Crippen molar-refractivity contribution in [3.05, 3.63) is 48.5 Å². The van der Waals surface area contributed by atoms with Crippen LogP contribution in [0.5, 0.6) is 5.75 Å². The van der Waals surface area contributed by atoms with Crippen LogP contribution in [-0.4, -0.2) is 0 Å². The van der Waals surface area contributed by atoms with E-state index in [-0.39, 0.29) is 0 Å². The lowest BCUT2D eigenvalue weighted by atomic mass is 10.1. The Morgan fingerprint density at radius 1 is 1.00 bits per heavy atom. The molecule has 0 fully saturated rings. The second-order valence-electron chi connectivity index (χ2n) is 2.74. The fourth-order valence-electron chi connectivity index (χ4n) is 1.36. The summed E-state index contributed by atoms with van der Waals surface area (Å²) in [6, 6.07) is 11.4. The number of hydrogen-bond donors (Lipinski definition) is 0. The van der Waals surface area contributed by atoms with Gasteiger partial charge in [-0.2, -0.15) is 0 Å². The first kappa shape index (κ1) is 8.39. The minimum Gasteiger partial charge on any atom is -0.489 e. The summed E-state index contributed by atoms with van der Waals surface area (Å²) >= 11 is 6.01. The molecule has 0 N–H and O–H groups in total. The third-order valence-electron chi connectivity index (χ3n) is 1.99. The highest BCUT2D eigenvalue weighted by atomic mass is 35.5. The molecule has 0 saturated heterocycles. The van der Waals surface area contributed by atoms with Gasteiger partial charge in [-0.3, -0.25) is 0 Å². The van der Waals surface area contributed by atoms with Gasteiger partial charge in [0.25, 0.3) is 0 Å². The lowest BCUT2D eigenvalue weighted by Gasteiger charge is -2.05. The summed E-state index contributed by atoms with van der Waals surface area (Å²) in [7, 11) is 3.39. The van der Waals surface area contributed by atoms with Crippen molar-refractivity contribution in [3.8, 4) is 5.75 Å². The Balaban J connectivity index is 2.84. The van der Waals surface area contributed by atoms with Crippen LogP contribution >= 0.6 is 11.6 Å². The van der Waals surface area contributed by atoms with E-state index in [1.807, 2.05) is 36.4 Å². The first-order valence-electron chi connectivity index (χ1n) is 3.92. The maximum absolute atomic E-state index is 6.01. The van der Waals surface area contributed by atoms with E-state index in [1.165, 1.54) is 0 Å². The van der Waals surface area contributed by atoms with E-state index < -0.39 is 0 Å². The minimum atomic E-state index is 0.733. The molecule has 13 heavy (non-hydrogen) atoms. The van der Waals surface area contributed by atoms with Crippen LogP contribution < -0.4 is 4.74 Å². The number of rotatable bonds is 1. The van der Waals surface area contributed by atoms with Gasteiger partial charge < -0.3 is 4.74 Å². The summed E-state index contributed by atoms with van der Waals surface area (Å²) < 4.78 is 4.97. The second-order valence-corrected chi connectivity index (χ2v) is 3.14. The number of benzene rings is 2. The molecule has 0 aliphatic rings. The third kappa shape index (κ3) is 1.36. The van der Waals surface area contributed by atoms with E-state index >= 15 is 0 Å². The van der Waals surface area contributed by atoms with Crippen LogP contribution in [0.3, 0.4) is 0 Å². The zero-order chi connectivity index (χ0) is 9.26. The van der Waals surface area contributed by atoms with Gasteiger partial charge >= 0.3 is 0 Å². The first-order chi connectivity index (χ1) is 6.33.